The van der Waals surface area contributed by atoms with E-state index in [1.165, 1.54) is 12.3 Å². The number of carbonyl (C=O) groups excluding carboxylic acids is 1. The zero-order chi connectivity index (χ0) is 14.0. The van der Waals surface area contributed by atoms with Gasteiger partial charge in [-0.05, 0) is 12.1 Å². The first-order chi connectivity index (χ1) is 8.91. The standard InChI is InChI=1S/C11H16N4O3S/c1-19(17,18)9-3-2-4-14-11(9)15-6-5-13-7-8(15)10(12)16/h2-4,8,13H,5-7H2,1H3,(H2,12,16). The Morgan fingerprint density at radius 1 is 1.58 bits per heavy atom. The molecule has 0 aromatic carbocycles. The summed E-state index contributed by atoms with van der Waals surface area (Å²) in [7, 11) is -3.41. The quantitative estimate of drug-likeness (QED) is 0.718. The van der Waals surface area contributed by atoms with Gasteiger partial charge in [-0.15, -0.1) is 0 Å². The molecule has 1 amide bonds. The van der Waals surface area contributed by atoms with E-state index >= 15 is 0 Å². The molecule has 1 aromatic heterocycles. The molecule has 2 rings (SSSR count). The van der Waals surface area contributed by atoms with Crippen molar-refractivity contribution in [3.63, 3.8) is 0 Å². The van der Waals surface area contributed by atoms with Crippen LogP contribution in [0.3, 0.4) is 0 Å². The molecule has 1 fully saturated rings. The number of pyridine rings is 1. The van der Waals surface area contributed by atoms with Crippen LogP contribution in [0.2, 0.25) is 0 Å². The number of primary amides is 1. The number of anilines is 1. The molecule has 7 nitrogen and oxygen atoms in total. The third-order valence-corrected chi connectivity index (χ3v) is 4.11. The van der Waals surface area contributed by atoms with E-state index in [4.69, 9.17) is 5.73 Å². The van der Waals surface area contributed by atoms with Crippen LogP contribution in [0.15, 0.2) is 23.2 Å². The van der Waals surface area contributed by atoms with Crippen LogP contribution in [0.4, 0.5) is 5.82 Å². The summed E-state index contributed by atoms with van der Waals surface area (Å²) in [4.78, 5) is 17.3. The smallest absolute Gasteiger partial charge is 0.241 e. The monoisotopic (exact) mass is 284 g/mol. The Bertz CT molecular complexity index is 587. The Labute approximate surface area is 111 Å². The molecule has 0 aliphatic carbocycles. The van der Waals surface area contributed by atoms with Gasteiger partial charge in [-0.2, -0.15) is 0 Å². The van der Waals surface area contributed by atoms with Gasteiger partial charge in [-0.25, -0.2) is 13.4 Å². The third kappa shape index (κ3) is 2.85. The second-order valence-electron chi connectivity index (χ2n) is 4.41. The SMILES string of the molecule is CS(=O)(=O)c1cccnc1N1CCNCC1C(N)=O. The Morgan fingerprint density at radius 3 is 2.95 bits per heavy atom. The van der Waals surface area contributed by atoms with E-state index in [1.54, 1.807) is 11.0 Å². The van der Waals surface area contributed by atoms with Crippen molar-refractivity contribution in [1.82, 2.24) is 10.3 Å². The first kappa shape index (κ1) is 13.8. The Morgan fingerprint density at radius 2 is 2.32 bits per heavy atom. The maximum atomic E-state index is 11.8. The fraction of sp³-hybridized carbons (Fsp3) is 0.455. The number of hydrogen-bond acceptors (Lipinski definition) is 6. The van der Waals surface area contributed by atoms with Crippen LogP contribution in [0, 0.1) is 0 Å². The number of rotatable bonds is 3. The highest BCUT2D eigenvalue weighted by molar-refractivity contribution is 7.90. The lowest BCUT2D eigenvalue weighted by atomic mass is 10.2. The topological polar surface area (TPSA) is 105 Å². The molecule has 104 valence electrons. The number of hydrogen-bond donors (Lipinski definition) is 2. The first-order valence-electron chi connectivity index (χ1n) is 5.83. The molecule has 8 heteroatoms. The van der Waals surface area contributed by atoms with E-state index in [0.29, 0.717) is 19.6 Å². The molecule has 1 aliphatic rings. The molecular formula is C11H16N4O3S. The van der Waals surface area contributed by atoms with Gasteiger partial charge in [0.05, 0.1) is 0 Å². The molecule has 0 bridgehead atoms. The highest BCUT2D eigenvalue weighted by atomic mass is 32.2. The van der Waals surface area contributed by atoms with E-state index in [0.717, 1.165) is 6.26 Å². The van der Waals surface area contributed by atoms with Gasteiger partial charge in [0.15, 0.2) is 9.84 Å². The first-order valence-corrected chi connectivity index (χ1v) is 7.72. The number of nitrogens with zero attached hydrogens (tertiary/aromatic N) is 2. The molecule has 0 saturated carbocycles. The zero-order valence-corrected chi connectivity index (χ0v) is 11.4. The number of aromatic nitrogens is 1. The number of amides is 1. The largest absolute Gasteiger partial charge is 0.368 e. The molecule has 1 unspecified atom stereocenters. The van der Waals surface area contributed by atoms with Crippen LogP contribution >= 0.6 is 0 Å². The number of piperazine rings is 1. The van der Waals surface area contributed by atoms with Gasteiger partial charge in [-0.3, -0.25) is 4.79 Å². The lowest BCUT2D eigenvalue weighted by molar-refractivity contribution is -0.119. The molecular weight excluding hydrogens is 268 g/mol. The van der Waals surface area contributed by atoms with Crippen molar-refractivity contribution < 1.29 is 13.2 Å². The van der Waals surface area contributed by atoms with Crippen molar-refractivity contribution in [2.24, 2.45) is 5.73 Å². The van der Waals surface area contributed by atoms with Crippen LogP contribution in [0.1, 0.15) is 0 Å². The van der Waals surface area contributed by atoms with Crippen LogP contribution < -0.4 is 16.0 Å². The van der Waals surface area contributed by atoms with Gasteiger partial charge in [0.25, 0.3) is 0 Å². The highest BCUT2D eigenvalue weighted by Crippen LogP contribution is 2.24. The lowest BCUT2D eigenvalue weighted by Crippen LogP contribution is -2.57. The van der Waals surface area contributed by atoms with Gasteiger partial charge in [0, 0.05) is 32.1 Å². The minimum Gasteiger partial charge on any atom is -0.368 e. The molecule has 1 aliphatic heterocycles. The molecule has 3 N–H and O–H groups in total. The number of carbonyl (C=O) groups is 1. The zero-order valence-electron chi connectivity index (χ0n) is 10.5. The summed E-state index contributed by atoms with van der Waals surface area (Å²) >= 11 is 0. The van der Waals surface area contributed by atoms with Crippen LogP contribution in [-0.4, -0.2) is 51.2 Å². The second-order valence-corrected chi connectivity index (χ2v) is 6.40. The molecule has 1 saturated heterocycles. The normalized spacial score (nSPS) is 20.3. The summed E-state index contributed by atoms with van der Waals surface area (Å²) in [6, 6.07) is 2.45. The van der Waals surface area contributed by atoms with Crippen molar-refractivity contribution in [2.75, 3.05) is 30.8 Å². The van der Waals surface area contributed by atoms with Crippen LogP contribution in [0.5, 0.6) is 0 Å². The van der Waals surface area contributed by atoms with Gasteiger partial charge in [0.2, 0.25) is 5.91 Å². The van der Waals surface area contributed by atoms with Crippen LogP contribution in [0.25, 0.3) is 0 Å². The fourth-order valence-corrected chi connectivity index (χ4v) is 2.93. The van der Waals surface area contributed by atoms with Crippen molar-refractivity contribution in [1.29, 1.82) is 0 Å². The molecule has 0 radical (unpaired) electrons. The molecule has 0 spiro atoms. The van der Waals surface area contributed by atoms with E-state index in [9.17, 15) is 13.2 Å². The average Bonchev–Trinajstić information content (AvgIpc) is 2.37. The van der Waals surface area contributed by atoms with Crippen molar-refractivity contribution in [3.8, 4) is 0 Å². The van der Waals surface area contributed by atoms with E-state index in [2.05, 4.69) is 10.3 Å². The summed E-state index contributed by atoms with van der Waals surface area (Å²) in [5.41, 5.74) is 5.36. The van der Waals surface area contributed by atoms with Crippen LogP contribution in [-0.2, 0) is 14.6 Å². The van der Waals surface area contributed by atoms with E-state index in [1.807, 2.05) is 0 Å². The fourth-order valence-electron chi connectivity index (χ4n) is 2.10. The molecule has 1 atom stereocenters. The summed E-state index contributed by atoms with van der Waals surface area (Å²) in [6.07, 6.45) is 2.62. The van der Waals surface area contributed by atoms with Gasteiger partial charge < -0.3 is 16.0 Å². The lowest BCUT2D eigenvalue weighted by Gasteiger charge is -2.35. The van der Waals surface area contributed by atoms with E-state index < -0.39 is 21.8 Å². The molecule has 2 heterocycles. The van der Waals surface area contributed by atoms with Crippen molar-refractivity contribution in [3.05, 3.63) is 18.3 Å². The minimum absolute atomic E-state index is 0.114. The molecule has 1 aromatic rings. The number of nitrogens with two attached hydrogens (primary N) is 1. The Hall–Kier alpha value is -1.67. The maximum Gasteiger partial charge on any atom is 0.241 e. The summed E-state index contributed by atoms with van der Waals surface area (Å²) in [5, 5.41) is 3.05. The summed E-state index contributed by atoms with van der Waals surface area (Å²) < 4.78 is 23.5. The average molecular weight is 284 g/mol. The summed E-state index contributed by atoms with van der Waals surface area (Å²) in [5.74, 6) is -0.215. The van der Waals surface area contributed by atoms with Crippen molar-refractivity contribution >= 4 is 21.6 Å². The summed E-state index contributed by atoms with van der Waals surface area (Å²) in [6.45, 7) is 1.51. The highest BCUT2D eigenvalue weighted by Gasteiger charge is 2.30. The number of sulfone groups is 1. The van der Waals surface area contributed by atoms with Gasteiger partial charge in [-0.1, -0.05) is 0 Å². The number of nitrogens with one attached hydrogen (secondary N) is 1. The minimum atomic E-state index is -3.41. The second kappa shape index (κ2) is 5.14. The van der Waals surface area contributed by atoms with E-state index in [-0.39, 0.29) is 10.7 Å². The predicted molar refractivity (Wildman–Crippen MR) is 70.5 cm³/mol. The Balaban J connectivity index is 2.48. The van der Waals surface area contributed by atoms with Crippen molar-refractivity contribution in [2.45, 2.75) is 10.9 Å². The Kier molecular flexibility index (Phi) is 3.72. The van der Waals surface area contributed by atoms with Gasteiger partial charge >= 0.3 is 0 Å². The maximum absolute atomic E-state index is 11.8. The van der Waals surface area contributed by atoms with Gasteiger partial charge in [0.1, 0.15) is 16.8 Å². The molecule has 19 heavy (non-hydrogen) atoms. The third-order valence-electron chi connectivity index (χ3n) is 2.99. The predicted octanol–water partition coefficient (Wildman–Crippen LogP) is -1.25.